The first-order chi connectivity index (χ1) is 24.8. The highest BCUT2D eigenvalue weighted by atomic mass is 16.3. The monoisotopic (exact) mass is 642 g/mol. The van der Waals surface area contributed by atoms with Gasteiger partial charge in [-0.1, -0.05) is 127 Å². The zero-order valence-corrected chi connectivity index (χ0v) is 27.0. The van der Waals surface area contributed by atoms with Crippen molar-refractivity contribution < 1.29 is 4.42 Å². The van der Waals surface area contributed by atoms with Crippen molar-refractivity contribution in [2.45, 2.75) is 0 Å². The van der Waals surface area contributed by atoms with Gasteiger partial charge in [0.2, 0.25) is 0 Å². The molecule has 0 atom stereocenters. The minimum atomic E-state index is 0.593. The zero-order chi connectivity index (χ0) is 33.3. The van der Waals surface area contributed by atoms with Gasteiger partial charge in [-0.2, -0.15) is 0 Å². The average molecular weight is 643 g/mol. The molecule has 7 aromatic carbocycles. The van der Waals surface area contributed by atoms with Gasteiger partial charge < -0.3 is 9.32 Å². The Morgan fingerprint density at radius 2 is 0.720 bits per heavy atom. The minimum absolute atomic E-state index is 0.593. The molecule has 2 aromatic heterocycles. The molecule has 0 bridgehead atoms. The van der Waals surface area contributed by atoms with Gasteiger partial charge in [-0.15, -0.1) is 0 Å². The standard InChI is InChI=1S/C45H30N4O/c1-5-13-31(14-6-1)32-21-24-37(25-22-32)49(36-19-11-4-12-20-36)38-26-28-40-39-27-23-35(29-41(39)50-42(40)30-38)45-47-43(33-15-7-2-8-16-33)46-44(48-45)34-17-9-3-10-18-34/h1-30H. The Morgan fingerprint density at radius 1 is 0.320 bits per heavy atom. The number of rotatable bonds is 7. The number of para-hydroxylation sites is 1. The molecule has 0 fully saturated rings. The van der Waals surface area contributed by atoms with Crippen LogP contribution in [0.2, 0.25) is 0 Å². The summed E-state index contributed by atoms with van der Waals surface area (Å²) in [5, 5.41) is 2.09. The molecule has 5 heteroatoms. The minimum Gasteiger partial charge on any atom is -0.456 e. The van der Waals surface area contributed by atoms with E-state index < -0.39 is 0 Å². The van der Waals surface area contributed by atoms with Crippen molar-refractivity contribution in [3.8, 4) is 45.3 Å². The van der Waals surface area contributed by atoms with Crippen LogP contribution in [0.4, 0.5) is 17.1 Å². The quantitative estimate of drug-likeness (QED) is 0.173. The summed E-state index contributed by atoms with van der Waals surface area (Å²) in [7, 11) is 0. The molecule has 0 saturated heterocycles. The van der Waals surface area contributed by atoms with Crippen LogP contribution in [0.25, 0.3) is 67.2 Å². The number of hydrogen-bond donors (Lipinski definition) is 0. The number of aromatic nitrogens is 3. The maximum absolute atomic E-state index is 6.59. The number of anilines is 3. The molecule has 5 nitrogen and oxygen atoms in total. The number of nitrogens with zero attached hydrogens (tertiary/aromatic N) is 4. The topological polar surface area (TPSA) is 55.1 Å². The summed E-state index contributed by atoms with van der Waals surface area (Å²) in [5.74, 6) is 1.85. The highest BCUT2D eigenvalue weighted by Crippen LogP contribution is 2.39. The molecule has 0 aliphatic carbocycles. The second-order valence-corrected chi connectivity index (χ2v) is 12.1. The maximum atomic E-state index is 6.59. The third-order valence-electron chi connectivity index (χ3n) is 8.92. The van der Waals surface area contributed by atoms with E-state index in [9.17, 15) is 0 Å². The maximum Gasteiger partial charge on any atom is 0.164 e. The van der Waals surface area contributed by atoms with Crippen molar-refractivity contribution in [1.29, 1.82) is 0 Å². The molecule has 0 aliphatic heterocycles. The Hall–Kier alpha value is -6.85. The van der Waals surface area contributed by atoms with Gasteiger partial charge in [0.05, 0.1) is 0 Å². The molecule has 0 spiro atoms. The lowest BCUT2D eigenvalue weighted by molar-refractivity contribution is 0.669. The molecule has 9 aromatic rings. The van der Waals surface area contributed by atoms with Crippen LogP contribution in [0.3, 0.4) is 0 Å². The van der Waals surface area contributed by atoms with Crippen LogP contribution >= 0.6 is 0 Å². The molecule has 0 unspecified atom stereocenters. The third kappa shape index (κ3) is 5.57. The molecular weight excluding hydrogens is 613 g/mol. The molecular formula is C45H30N4O. The van der Waals surface area contributed by atoms with Crippen LogP contribution in [0, 0.1) is 0 Å². The molecule has 2 heterocycles. The second-order valence-electron chi connectivity index (χ2n) is 12.1. The first-order valence-corrected chi connectivity index (χ1v) is 16.6. The Labute approximate surface area is 289 Å². The molecule has 236 valence electrons. The Kier molecular flexibility index (Phi) is 7.41. The summed E-state index contributed by atoms with van der Waals surface area (Å²) in [5.41, 5.74) is 9.81. The molecule has 0 aliphatic rings. The van der Waals surface area contributed by atoms with Crippen LogP contribution in [0.1, 0.15) is 0 Å². The van der Waals surface area contributed by atoms with E-state index in [1.165, 1.54) is 11.1 Å². The number of hydrogen-bond acceptors (Lipinski definition) is 5. The Morgan fingerprint density at radius 3 is 1.30 bits per heavy atom. The fourth-order valence-electron chi connectivity index (χ4n) is 6.44. The van der Waals surface area contributed by atoms with Crippen molar-refractivity contribution in [3.63, 3.8) is 0 Å². The molecule has 0 amide bonds. The summed E-state index contributed by atoms with van der Waals surface area (Å²) >= 11 is 0. The lowest BCUT2D eigenvalue weighted by Crippen LogP contribution is -2.09. The predicted octanol–water partition coefficient (Wildman–Crippen LogP) is 11.9. The van der Waals surface area contributed by atoms with E-state index in [4.69, 9.17) is 19.4 Å². The van der Waals surface area contributed by atoms with Gasteiger partial charge in [0.1, 0.15) is 11.2 Å². The van der Waals surface area contributed by atoms with Crippen LogP contribution in [-0.4, -0.2) is 15.0 Å². The van der Waals surface area contributed by atoms with Gasteiger partial charge >= 0.3 is 0 Å². The van der Waals surface area contributed by atoms with Crippen LogP contribution in [0.5, 0.6) is 0 Å². The summed E-state index contributed by atoms with van der Waals surface area (Å²) in [6, 6.07) is 62.2. The lowest BCUT2D eigenvalue weighted by Gasteiger charge is -2.25. The van der Waals surface area contributed by atoms with Gasteiger partial charge in [-0.05, 0) is 59.7 Å². The number of furan rings is 1. The molecule has 0 radical (unpaired) electrons. The van der Waals surface area contributed by atoms with Crippen molar-refractivity contribution in [2.24, 2.45) is 0 Å². The first kappa shape index (κ1) is 29.3. The van der Waals surface area contributed by atoms with Gasteiger partial charge in [0.25, 0.3) is 0 Å². The molecule has 9 rings (SSSR count). The molecule has 0 N–H and O–H groups in total. The van der Waals surface area contributed by atoms with Gasteiger partial charge in [-0.3, -0.25) is 0 Å². The van der Waals surface area contributed by atoms with Crippen LogP contribution in [0.15, 0.2) is 186 Å². The zero-order valence-electron chi connectivity index (χ0n) is 27.0. The largest absolute Gasteiger partial charge is 0.456 e. The van der Waals surface area contributed by atoms with Crippen molar-refractivity contribution in [1.82, 2.24) is 15.0 Å². The highest BCUT2D eigenvalue weighted by molar-refractivity contribution is 6.07. The molecule has 50 heavy (non-hydrogen) atoms. The van der Waals surface area contributed by atoms with E-state index >= 15 is 0 Å². The summed E-state index contributed by atoms with van der Waals surface area (Å²) < 4.78 is 6.59. The predicted molar refractivity (Wildman–Crippen MR) is 204 cm³/mol. The first-order valence-electron chi connectivity index (χ1n) is 16.6. The van der Waals surface area contributed by atoms with Crippen molar-refractivity contribution in [3.05, 3.63) is 182 Å². The van der Waals surface area contributed by atoms with Gasteiger partial charge in [0, 0.05) is 50.6 Å². The fourth-order valence-corrected chi connectivity index (χ4v) is 6.44. The SMILES string of the molecule is c1ccc(-c2ccc(N(c3ccccc3)c3ccc4c(c3)oc3cc(-c5nc(-c6ccccc6)nc(-c6ccccc6)n5)ccc34)cc2)cc1. The number of fused-ring (bicyclic) bond motifs is 3. The summed E-state index contributed by atoms with van der Waals surface area (Å²) in [4.78, 5) is 16.9. The van der Waals surface area contributed by atoms with E-state index in [-0.39, 0.29) is 0 Å². The van der Waals surface area contributed by atoms with E-state index in [1.807, 2.05) is 78.9 Å². The van der Waals surface area contributed by atoms with E-state index in [0.29, 0.717) is 17.5 Å². The highest BCUT2D eigenvalue weighted by Gasteiger charge is 2.17. The number of benzene rings is 7. The Balaban J connectivity index is 1.12. The second kappa shape index (κ2) is 12.6. The lowest BCUT2D eigenvalue weighted by atomic mass is 10.0. The van der Waals surface area contributed by atoms with Crippen molar-refractivity contribution >= 4 is 39.0 Å². The van der Waals surface area contributed by atoms with Crippen LogP contribution < -0.4 is 4.90 Å². The average Bonchev–Trinajstić information content (AvgIpc) is 3.57. The van der Waals surface area contributed by atoms with Crippen molar-refractivity contribution in [2.75, 3.05) is 4.90 Å². The third-order valence-corrected chi connectivity index (χ3v) is 8.92. The Bertz CT molecular complexity index is 2510. The van der Waals surface area contributed by atoms with Crippen LogP contribution in [-0.2, 0) is 0 Å². The van der Waals surface area contributed by atoms with E-state index in [0.717, 1.165) is 55.7 Å². The van der Waals surface area contributed by atoms with E-state index in [1.54, 1.807) is 0 Å². The smallest absolute Gasteiger partial charge is 0.164 e. The van der Waals surface area contributed by atoms with E-state index in [2.05, 4.69) is 108 Å². The molecule has 0 saturated carbocycles. The summed E-state index contributed by atoms with van der Waals surface area (Å²) in [6.45, 7) is 0. The summed E-state index contributed by atoms with van der Waals surface area (Å²) in [6.07, 6.45) is 0. The van der Waals surface area contributed by atoms with Gasteiger partial charge in [0.15, 0.2) is 17.5 Å². The van der Waals surface area contributed by atoms with Gasteiger partial charge in [-0.25, -0.2) is 15.0 Å². The fraction of sp³-hybridized carbons (Fsp3) is 0. The normalized spacial score (nSPS) is 11.2.